The Kier molecular flexibility index (Phi) is 5.88. The minimum atomic E-state index is -0.914. The van der Waals surface area contributed by atoms with Crippen LogP contribution >= 0.6 is 0 Å². The van der Waals surface area contributed by atoms with Gasteiger partial charge in [0.2, 0.25) is 5.82 Å². The molecule has 0 spiro atoms. The average Bonchev–Trinajstić information content (AvgIpc) is 2.53. The molecule has 1 saturated carbocycles. The summed E-state index contributed by atoms with van der Waals surface area (Å²) in [7, 11) is 0. The average molecular weight is 338 g/mol. The fourth-order valence-corrected chi connectivity index (χ4v) is 3.34. The predicted molar refractivity (Wildman–Crippen MR) is 89.0 cm³/mol. The zero-order valence-electron chi connectivity index (χ0n) is 14.3. The second-order valence-corrected chi connectivity index (χ2v) is 6.82. The lowest BCUT2D eigenvalue weighted by Crippen LogP contribution is -2.97. The summed E-state index contributed by atoms with van der Waals surface area (Å²) in [5.41, 5.74) is -0.405. The molecular formula is C17H25FN3O3+. The Labute approximate surface area is 141 Å². The number of carbonyl (C=O) groups is 1. The lowest BCUT2D eigenvalue weighted by Gasteiger charge is -2.33. The molecule has 1 amide bonds. The number of hydrogen-bond acceptors (Lipinski definition) is 3. The molecular weight excluding hydrogens is 313 g/mol. The van der Waals surface area contributed by atoms with Crippen LogP contribution in [-0.2, 0) is 4.79 Å². The van der Waals surface area contributed by atoms with Gasteiger partial charge in [-0.25, -0.2) is 0 Å². The molecule has 132 valence electrons. The molecule has 0 saturated heterocycles. The zero-order chi connectivity index (χ0) is 17.9. The summed E-state index contributed by atoms with van der Waals surface area (Å²) in [6.07, 6.45) is 3.49. The van der Waals surface area contributed by atoms with Crippen molar-refractivity contribution in [1.82, 2.24) is 0 Å². The van der Waals surface area contributed by atoms with Gasteiger partial charge in [0.25, 0.3) is 5.91 Å². The first-order chi connectivity index (χ1) is 11.3. The minimum absolute atomic E-state index is 0.235. The summed E-state index contributed by atoms with van der Waals surface area (Å²) in [6, 6.07) is 3.46. The fourth-order valence-electron chi connectivity index (χ4n) is 3.34. The summed E-state index contributed by atoms with van der Waals surface area (Å²) in [4.78, 5) is 22.3. The molecule has 1 aromatic rings. The number of quaternary nitrogens is 1. The standard InChI is InChI=1S/C17H24FN3O3/c1-10-5-4-6-15(11(10)2)19-12(3)17(22)20-13-7-8-14(18)16(9-13)21(23)24/h7-12,15,19H,4-6H2,1-3H3,(H,20,22)/p+1/t10-,11-,12+,15+/m1/s1. The molecule has 0 bridgehead atoms. The van der Waals surface area contributed by atoms with E-state index in [1.165, 1.54) is 18.9 Å². The third-order valence-corrected chi connectivity index (χ3v) is 5.13. The Hall–Kier alpha value is -2.02. The maximum atomic E-state index is 13.3. The number of nitro groups is 1. The number of carbonyl (C=O) groups excluding carboxylic acids is 1. The number of benzene rings is 1. The first-order valence-corrected chi connectivity index (χ1v) is 8.39. The Morgan fingerprint density at radius 2 is 2.12 bits per heavy atom. The maximum absolute atomic E-state index is 13.3. The number of rotatable bonds is 5. The third-order valence-electron chi connectivity index (χ3n) is 5.13. The van der Waals surface area contributed by atoms with Crippen molar-refractivity contribution < 1.29 is 19.4 Å². The van der Waals surface area contributed by atoms with Crippen LogP contribution in [0.15, 0.2) is 18.2 Å². The van der Waals surface area contributed by atoms with E-state index < -0.39 is 16.4 Å². The normalized spacial score (nSPS) is 25.1. The number of hydrogen-bond donors (Lipinski definition) is 2. The van der Waals surface area contributed by atoms with Crippen LogP contribution < -0.4 is 10.6 Å². The van der Waals surface area contributed by atoms with Crippen LogP contribution in [0.2, 0.25) is 0 Å². The summed E-state index contributed by atoms with van der Waals surface area (Å²) >= 11 is 0. The molecule has 7 heteroatoms. The van der Waals surface area contributed by atoms with E-state index in [-0.39, 0.29) is 17.6 Å². The van der Waals surface area contributed by atoms with Crippen molar-refractivity contribution in [3.63, 3.8) is 0 Å². The monoisotopic (exact) mass is 338 g/mol. The van der Waals surface area contributed by atoms with Gasteiger partial charge in [0.1, 0.15) is 0 Å². The van der Waals surface area contributed by atoms with Gasteiger partial charge in [0, 0.05) is 17.7 Å². The van der Waals surface area contributed by atoms with Crippen molar-refractivity contribution in [3.8, 4) is 0 Å². The first kappa shape index (κ1) is 18.3. The summed E-state index contributed by atoms with van der Waals surface area (Å²) in [6.45, 7) is 6.28. The van der Waals surface area contributed by atoms with E-state index in [1.807, 2.05) is 6.92 Å². The van der Waals surface area contributed by atoms with Crippen molar-refractivity contribution in [2.24, 2.45) is 11.8 Å². The topological polar surface area (TPSA) is 88.8 Å². The lowest BCUT2D eigenvalue weighted by molar-refractivity contribution is -0.715. The molecule has 0 aromatic heterocycles. The van der Waals surface area contributed by atoms with E-state index in [4.69, 9.17) is 0 Å². The molecule has 6 nitrogen and oxygen atoms in total. The van der Waals surface area contributed by atoms with Gasteiger partial charge < -0.3 is 10.6 Å². The SMILES string of the molecule is C[C@@H]1[C@H](C)CCC[C@@H]1[NH2+][C@@H](C)C(=O)Nc1ccc(F)c([N+](=O)[O-])c1. The molecule has 0 radical (unpaired) electrons. The molecule has 3 N–H and O–H groups in total. The van der Waals surface area contributed by atoms with Crippen LogP contribution in [0.4, 0.5) is 15.8 Å². The van der Waals surface area contributed by atoms with Gasteiger partial charge in [-0.15, -0.1) is 0 Å². The summed E-state index contributed by atoms with van der Waals surface area (Å²) in [5.74, 6) is 0.0416. The second kappa shape index (κ2) is 7.70. The Morgan fingerprint density at radius 1 is 1.42 bits per heavy atom. The van der Waals surface area contributed by atoms with Crippen molar-refractivity contribution in [2.75, 3.05) is 5.32 Å². The number of halogens is 1. The van der Waals surface area contributed by atoms with Gasteiger partial charge in [-0.1, -0.05) is 13.8 Å². The molecule has 24 heavy (non-hydrogen) atoms. The van der Waals surface area contributed by atoms with Gasteiger partial charge >= 0.3 is 5.69 Å². The van der Waals surface area contributed by atoms with Gasteiger partial charge in [0.05, 0.1) is 11.0 Å². The van der Waals surface area contributed by atoms with Crippen LogP contribution in [0.5, 0.6) is 0 Å². The molecule has 1 aliphatic rings. The van der Waals surface area contributed by atoms with Gasteiger partial charge in [-0.2, -0.15) is 4.39 Å². The molecule has 1 aromatic carbocycles. The van der Waals surface area contributed by atoms with Crippen LogP contribution in [0.25, 0.3) is 0 Å². The van der Waals surface area contributed by atoms with E-state index >= 15 is 0 Å². The highest BCUT2D eigenvalue weighted by atomic mass is 19.1. The second-order valence-electron chi connectivity index (χ2n) is 6.82. The number of amides is 1. The van der Waals surface area contributed by atoms with E-state index in [0.29, 0.717) is 17.9 Å². The highest BCUT2D eigenvalue weighted by molar-refractivity contribution is 5.93. The molecule has 0 heterocycles. The maximum Gasteiger partial charge on any atom is 0.306 e. The summed E-state index contributed by atoms with van der Waals surface area (Å²) < 4.78 is 13.3. The van der Waals surface area contributed by atoms with E-state index in [0.717, 1.165) is 18.6 Å². The zero-order valence-corrected chi connectivity index (χ0v) is 14.3. The van der Waals surface area contributed by atoms with Crippen LogP contribution in [0.3, 0.4) is 0 Å². The fraction of sp³-hybridized carbons (Fsp3) is 0.588. The van der Waals surface area contributed by atoms with E-state index in [9.17, 15) is 19.3 Å². The third kappa shape index (κ3) is 4.29. The Balaban J connectivity index is 1.99. The number of nitrogens with zero attached hydrogens (tertiary/aromatic N) is 1. The quantitative estimate of drug-likeness (QED) is 0.638. The van der Waals surface area contributed by atoms with Gasteiger partial charge in [0.15, 0.2) is 6.04 Å². The van der Waals surface area contributed by atoms with E-state index in [2.05, 4.69) is 24.5 Å². The number of anilines is 1. The smallest absolute Gasteiger partial charge is 0.306 e. The van der Waals surface area contributed by atoms with E-state index in [1.54, 1.807) is 0 Å². The van der Waals surface area contributed by atoms with Crippen molar-refractivity contribution >= 4 is 17.3 Å². The van der Waals surface area contributed by atoms with Crippen molar-refractivity contribution in [3.05, 3.63) is 34.1 Å². The minimum Gasteiger partial charge on any atom is -0.334 e. The molecule has 1 fully saturated rings. The molecule has 4 atom stereocenters. The van der Waals surface area contributed by atoms with Crippen LogP contribution in [-0.4, -0.2) is 22.9 Å². The van der Waals surface area contributed by atoms with Crippen LogP contribution in [0, 0.1) is 27.8 Å². The number of nitrogens with one attached hydrogen (secondary N) is 1. The Morgan fingerprint density at radius 3 is 2.79 bits per heavy atom. The summed E-state index contributed by atoms with van der Waals surface area (Å²) in [5, 5.41) is 15.5. The molecule has 2 rings (SSSR count). The largest absolute Gasteiger partial charge is 0.334 e. The molecule has 1 aliphatic carbocycles. The van der Waals surface area contributed by atoms with Gasteiger partial charge in [-0.3, -0.25) is 14.9 Å². The predicted octanol–water partition coefficient (Wildman–Crippen LogP) is 2.45. The lowest BCUT2D eigenvalue weighted by atomic mass is 9.78. The number of nitrogens with two attached hydrogens (primary N) is 1. The highest BCUT2D eigenvalue weighted by Crippen LogP contribution is 2.27. The van der Waals surface area contributed by atoms with Crippen molar-refractivity contribution in [2.45, 2.75) is 52.1 Å². The Bertz CT molecular complexity index is 623. The highest BCUT2D eigenvalue weighted by Gasteiger charge is 2.32. The number of nitro benzene ring substituents is 1. The van der Waals surface area contributed by atoms with Gasteiger partial charge in [-0.05, 0) is 44.2 Å². The van der Waals surface area contributed by atoms with Crippen LogP contribution in [0.1, 0.15) is 40.0 Å². The molecule has 0 unspecified atom stereocenters. The van der Waals surface area contributed by atoms with Crippen molar-refractivity contribution in [1.29, 1.82) is 0 Å². The molecule has 0 aliphatic heterocycles. The first-order valence-electron chi connectivity index (χ1n) is 8.39.